The van der Waals surface area contributed by atoms with E-state index in [0.29, 0.717) is 5.82 Å². The zero-order valence-corrected chi connectivity index (χ0v) is 9.32. The third kappa shape index (κ3) is 2.48. The number of nitro groups is 1. The van der Waals surface area contributed by atoms with E-state index in [1.165, 1.54) is 19.2 Å². The van der Waals surface area contributed by atoms with Crippen molar-refractivity contribution in [1.29, 1.82) is 0 Å². The maximum absolute atomic E-state index is 10.8. The highest BCUT2D eigenvalue weighted by Crippen LogP contribution is 2.24. The molecule has 18 heavy (non-hydrogen) atoms. The number of ether oxygens (including phenoxy) is 1. The van der Waals surface area contributed by atoms with Crippen molar-refractivity contribution in [3.8, 4) is 5.88 Å². The van der Waals surface area contributed by atoms with Crippen LogP contribution in [0.15, 0.2) is 12.1 Å². The van der Waals surface area contributed by atoms with Gasteiger partial charge in [0.05, 0.1) is 18.6 Å². The van der Waals surface area contributed by atoms with Gasteiger partial charge in [0.1, 0.15) is 0 Å². The molecule has 2 aromatic rings. The molecule has 2 rings (SSSR count). The number of anilines is 1. The Morgan fingerprint density at radius 3 is 3.00 bits per heavy atom. The van der Waals surface area contributed by atoms with E-state index in [4.69, 9.17) is 4.74 Å². The summed E-state index contributed by atoms with van der Waals surface area (Å²) in [7, 11) is 1.43. The monoisotopic (exact) mass is 251 g/mol. The van der Waals surface area contributed by atoms with Crippen LogP contribution in [0, 0.1) is 10.1 Å². The Balaban J connectivity index is 2.20. The highest BCUT2D eigenvalue weighted by atomic mass is 16.6. The fraction of sp³-hybridized carbons (Fsp3) is 0.250. The molecule has 2 N–H and O–H groups in total. The Hall–Kier alpha value is -2.78. The predicted octanol–water partition coefficient (Wildman–Crippen LogP) is 0.124. The van der Waals surface area contributed by atoms with Gasteiger partial charge < -0.3 is 10.1 Å². The van der Waals surface area contributed by atoms with Crippen LogP contribution in [0.4, 0.5) is 11.5 Å². The zero-order chi connectivity index (χ0) is 13.0. The number of rotatable bonds is 5. The van der Waals surface area contributed by atoms with Gasteiger partial charge in [0, 0.05) is 12.1 Å². The van der Waals surface area contributed by atoms with E-state index in [1.54, 1.807) is 0 Å². The van der Waals surface area contributed by atoms with E-state index in [0.717, 1.165) is 0 Å². The van der Waals surface area contributed by atoms with Crippen LogP contribution in [0.25, 0.3) is 0 Å². The van der Waals surface area contributed by atoms with Crippen molar-refractivity contribution >= 4 is 11.5 Å². The molecule has 0 aromatic carbocycles. The first kappa shape index (κ1) is 11.7. The lowest BCUT2D eigenvalue weighted by Gasteiger charge is -2.05. The number of hydrogen-bond donors (Lipinski definition) is 2. The predicted molar refractivity (Wildman–Crippen MR) is 58.9 cm³/mol. The topological polar surface area (TPSA) is 132 Å². The first-order valence-electron chi connectivity index (χ1n) is 4.86. The van der Waals surface area contributed by atoms with E-state index < -0.39 is 4.92 Å². The SMILES string of the molecule is COc1ccc([N+](=O)[O-])c(NCc2nn[nH]n2)n1. The van der Waals surface area contributed by atoms with Gasteiger partial charge in [0.15, 0.2) is 5.82 Å². The van der Waals surface area contributed by atoms with Gasteiger partial charge in [-0.15, -0.1) is 10.2 Å². The number of aromatic nitrogens is 5. The number of hydrogen-bond acceptors (Lipinski definition) is 8. The van der Waals surface area contributed by atoms with Gasteiger partial charge in [-0.05, 0) is 0 Å². The lowest BCUT2D eigenvalue weighted by molar-refractivity contribution is -0.384. The van der Waals surface area contributed by atoms with Crippen LogP contribution in [-0.2, 0) is 6.54 Å². The maximum Gasteiger partial charge on any atom is 0.311 e. The molecule has 2 aromatic heterocycles. The van der Waals surface area contributed by atoms with Crippen LogP contribution in [0.5, 0.6) is 5.88 Å². The summed E-state index contributed by atoms with van der Waals surface area (Å²) in [6.45, 7) is 0.164. The fourth-order valence-corrected chi connectivity index (χ4v) is 1.25. The minimum absolute atomic E-state index is 0.0872. The summed E-state index contributed by atoms with van der Waals surface area (Å²) in [6.07, 6.45) is 0. The zero-order valence-electron chi connectivity index (χ0n) is 9.32. The lowest BCUT2D eigenvalue weighted by atomic mass is 10.4. The molecular weight excluding hydrogens is 242 g/mol. The molecule has 94 valence electrons. The minimum Gasteiger partial charge on any atom is -0.481 e. The van der Waals surface area contributed by atoms with Crippen molar-refractivity contribution in [2.75, 3.05) is 12.4 Å². The molecule has 0 fully saturated rings. The third-order valence-corrected chi connectivity index (χ3v) is 2.06. The van der Waals surface area contributed by atoms with E-state index in [2.05, 4.69) is 30.9 Å². The summed E-state index contributed by atoms with van der Waals surface area (Å²) in [5.41, 5.74) is -0.153. The number of methoxy groups -OCH3 is 1. The molecule has 0 bridgehead atoms. The molecule has 0 amide bonds. The molecule has 10 nitrogen and oxygen atoms in total. The fourth-order valence-electron chi connectivity index (χ4n) is 1.25. The summed E-state index contributed by atoms with van der Waals surface area (Å²) in [4.78, 5) is 14.2. The van der Waals surface area contributed by atoms with E-state index in [9.17, 15) is 10.1 Å². The number of nitrogens with zero attached hydrogens (tertiary/aromatic N) is 5. The van der Waals surface area contributed by atoms with Gasteiger partial charge in [-0.2, -0.15) is 10.2 Å². The van der Waals surface area contributed by atoms with Crippen LogP contribution in [0.2, 0.25) is 0 Å². The Bertz CT molecular complexity index is 542. The Morgan fingerprint density at radius 2 is 2.39 bits per heavy atom. The second kappa shape index (κ2) is 5.03. The standard InChI is InChI=1S/C8H9N7O3/c1-18-7-3-2-5(15(16)17)8(10-7)9-4-6-11-13-14-12-6/h2-3H,4H2,1H3,(H,9,10)(H,11,12,13,14). The number of tetrazole rings is 1. The molecule has 10 heteroatoms. The van der Waals surface area contributed by atoms with Crippen molar-refractivity contribution in [3.63, 3.8) is 0 Å². The van der Waals surface area contributed by atoms with E-state index in [-0.39, 0.29) is 23.9 Å². The Kier molecular flexibility index (Phi) is 3.27. The molecule has 0 unspecified atom stereocenters. The van der Waals surface area contributed by atoms with Crippen LogP contribution < -0.4 is 10.1 Å². The van der Waals surface area contributed by atoms with Gasteiger partial charge in [-0.3, -0.25) is 10.1 Å². The molecule has 0 radical (unpaired) electrons. The van der Waals surface area contributed by atoms with Gasteiger partial charge in [0.25, 0.3) is 0 Å². The van der Waals surface area contributed by atoms with Crippen molar-refractivity contribution in [2.45, 2.75) is 6.54 Å². The van der Waals surface area contributed by atoms with E-state index in [1.807, 2.05) is 0 Å². The molecule has 0 saturated carbocycles. The van der Waals surface area contributed by atoms with Crippen LogP contribution in [0.1, 0.15) is 5.82 Å². The summed E-state index contributed by atoms with van der Waals surface area (Å²) < 4.78 is 4.90. The third-order valence-electron chi connectivity index (χ3n) is 2.06. The molecular formula is C8H9N7O3. The largest absolute Gasteiger partial charge is 0.481 e. The molecule has 0 atom stereocenters. The lowest BCUT2D eigenvalue weighted by Crippen LogP contribution is -2.06. The van der Waals surface area contributed by atoms with Crippen LogP contribution in [0.3, 0.4) is 0 Å². The summed E-state index contributed by atoms with van der Waals surface area (Å²) in [5.74, 6) is 0.731. The quantitative estimate of drug-likeness (QED) is 0.565. The summed E-state index contributed by atoms with van der Waals surface area (Å²) in [6, 6.07) is 2.72. The first-order valence-corrected chi connectivity index (χ1v) is 4.86. The van der Waals surface area contributed by atoms with Gasteiger partial charge in [0.2, 0.25) is 11.7 Å². The first-order chi connectivity index (χ1) is 8.70. The Morgan fingerprint density at radius 1 is 1.56 bits per heavy atom. The normalized spacial score (nSPS) is 10.1. The molecule has 0 aliphatic carbocycles. The maximum atomic E-state index is 10.8. The Labute approximate surface area is 101 Å². The van der Waals surface area contributed by atoms with E-state index >= 15 is 0 Å². The van der Waals surface area contributed by atoms with Crippen LogP contribution >= 0.6 is 0 Å². The number of nitrogens with one attached hydrogen (secondary N) is 2. The van der Waals surface area contributed by atoms with Crippen molar-refractivity contribution in [2.24, 2.45) is 0 Å². The number of aromatic amines is 1. The number of pyridine rings is 1. The highest BCUT2D eigenvalue weighted by Gasteiger charge is 2.16. The van der Waals surface area contributed by atoms with Crippen molar-refractivity contribution in [3.05, 3.63) is 28.1 Å². The van der Waals surface area contributed by atoms with Crippen molar-refractivity contribution < 1.29 is 9.66 Å². The smallest absolute Gasteiger partial charge is 0.311 e. The van der Waals surface area contributed by atoms with Crippen molar-refractivity contribution in [1.82, 2.24) is 25.6 Å². The molecule has 0 aliphatic heterocycles. The average Bonchev–Trinajstić information content (AvgIpc) is 2.88. The average molecular weight is 251 g/mol. The molecule has 0 saturated heterocycles. The highest BCUT2D eigenvalue weighted by molar-refractivity contribution is 5.56. The van der Waals surface area contributed by atoms with Gasteiger partial charge in [-0.25, -0.2) is 0 Å². The van der Waals surface area contributed by atoms with Crippen LogP contribution in [-0.4, -0.2) is 37.6 Å². The summed E-state index contributed by atoms with van der Waals surface area (Å²) in [5, 5.41) is 26.6. The molecule has 0 aliphatic rings. The minimum atomic E-state index is -0.537. The second-order valence-electron chi connectivity index (χ2n) is 3.16. The summed E-state index contributed by atoms with van der Waals surface area (Å²) >= 11 is 0. The van der Waals surface area contributed by atoms with Gasteiger partial charge in [-0.1, -0.05) is 5.21 Å². The second-order valence-corrected chi connectivity index (χ2v) is 3.16. The van der Waals surface area contributed by atoms with Gasteiger partial charge >= 0.3 is 5.69 Å². The molecule has 0 spiro atoms. The molecule has 2 heterocycles. The number of H-pyrrole nitrogens is 1.